The minimum atomic E-state index is -0.635. The van der Waals surface area contributed by atoms with Crippen molar-refractivity contribution in [3.8, 4) is 0 Å². The van der Waals surface area contributed by atoms with E-state index in [1.807, 2.05) is 6.07 Å². The highest BCUT2D eigenvalue weighted by Gasteiger charge is 2.25. The third-order valence-corrected chi connectivity index (χ3v) is 3.44. The number of carbonyl (C=O) groups is 1. The third kappa shape index (κ3) is 2.34. The summed E-state index contributed by atoms with van der Waals surface area (Å²) in [7, 11) is 0. The van der Waals surface area contributed by atoms with E-state index in [-0.39, 0.29) is 18.4 Å². The van der Waals surface area contributed by atoms with Crippen molar-refractivity contribution in [3.05, 3.63) is 69.0 Å². The van der Waals surface area contributed by atoms with Crippen molar-refractivity contribution >= 4 is 5.78 Å². The first-order valence-corrected chi connectivity index (χ1v) is 6.56. The standard InChI is InChI=1S/C15H14N2O3/c18-13(11-4-2-1-3-5-11)10-16-8-9-17(12-6-7-12)15(20)14(16)19/h1-5,8-9,12H,6-7,10H2. The molecule has 0 unspecified atom stereocenters. The van der Waals surface area contributed by atoms with E-state index >= 15 is 0 Å². The largest absolute Gasteiger partial charge is 0.316 e. The molecule has 0 atom stereocenters. The van der Waals surface area contributed by atoms with Gasteiger partial charge in [0.05, 0.1) is 6.54 Å². The second-order valence-corrected chi connectivity index (χ2v) is 4.96. The second-order valence-electron chi connectivity index (χ2n) is 4.96. The average Bonchev–Trinajstić information content (AvgIpc) is 3.29. The van der Waals surface area contributed by atoms with Crippen LogP contribution in [-0.4, -0.2) is 14.9 Å². The van der Waals surface area contributed by atoms with Gasteiger partial charge in [-0.25, -0.2) is 0 Å². The van der Waals surface area contributed by atoms with E-state index in [0.717, 1.165) is 12.8 Å². The monoisotopic (exact) mass is 270 g/mol. The van der Waals surface area contributed by atoms with Crippen LogP contribution in [0, 0.1) is 0 Å². The first-order chi connectivity index (χ1) is 9.66. The zero-order valence-electron chi connectivity index (χ0n) is 10.9. The van der Waals surface area contributed by atoms with Gasteiger partial charge < -0.3 is 9.13 Å². The normalized spacial score (nSPS) is 14.2. The van der Waals surface area contributed by atoms with E-state index in [2.05, 4.69) is 0 Å². The van der Waals surface area contributed by atoms with Crippen molar-refractivity contribution in [2.75, 3.05) is 0 Å². The van der Waals surface area contributed by atoms with Crippen LogP contribution in [0.4, 0.5) is 0 Å². The molecule has 102 valence electrons. The highest BCUT2D eigenvalue weighted by Crippen LogP contribution is 2.32. The molecule has 0 N–H and O–H groups in total. The Balaban J connectivity index is 1.88. The molecule has 1 fully saturated rings. The number of hydrogen-bond acceptors (Lipinski definition) is 3. The number of hydrogen-bond donors (Lipinski definition) is 0. The van der Waals surface area contributed by atoms with Gasteiger partial charge in [-0.3, -0.25) is 14.4 Å². The van der Waals surface area contributed by atoms with Crippen LogP contribution in [0.1, 0.15) is 29.2 Å². The van der Waals surface area contributed by atoms with Crippen molar-refractivity contribution in [2.24, 2.45) is 0 Å². The number of Topliss-reactive ketones (excluding diaryl/α,β-unsaturated/α-hetero) is 1. The van der Waals surface area contributed by atoms with Gasteiger partial charge in [-0.15, -0.1) is 0 Å². The molecule has 1 aromatic carbocycles. The first kappa shape index (κ1) is 12.6. The smallest absolute Gasteiger partial charge is 0.306 e. The summed E-state index contributed by atoms with van der Waals surface area (Å²) < 4.78 is 2.64. The summed E-state index contributed by atoms with van der Waals surface area (Å²) in [6, 6.07) is 8.90. The fourth-order valence-corrected chi connectivity index (χ4v) is 2.16. The SMILES string of the molecule is O=C(Cn1ccn(C2CC2)c(=O)c1=O)c1ccccc1. The number of rotatable bonds is 4. The van der Waals surface area contributed by atoms with Crippen LogP contribution in [0.2, 0.25) is 0 Å². The number of benzene rings is 1. The van der Waals surface area contributed by atoms with Gasteiger partial charge in [-0.2, -0.15) is 0 Å². The summed E-state index contributed by atoms with van der Waals surface area (Å²) >= 11 is 0. The molecule has 0 aliphatic heterocycles. The number of ketones is 1. The Morgan fingerprint density at radius 2 is 1.75 bits per heavy atom. The van der Waals surface area contributed by atoms with Crippen molar-refractivity contribution in [1.82, 2.24) is 9.13 Å². The number of aromatic nitrogens is 2. The molecule has 1 aromatic heterocycles. The highest BCUT2D eigenvalue weighted by atomic mass is 16.2. The topological polar surface area (TPSA) is 61.1 Å². The second kappa shape index (κ2) is 4.92. The van der Waals surface area contributed by atoms with Crippen LogP contribution in [0.25, 0.3) is 0 Å². The summed E-state index contributed by atoms with van der Waals surface area (Å²) in [5, 5.41) is 0. The number of nitrogens with zero attached hydrogens (tertiary/aromatic N) is 2. The Morgan fingerprint density at radius 1 is 1.05 bits per heavy atom. The lowest BCUT2D eigenvalue weighted by atomic mass is 10.1. The Labute approximate surface area is 115 Å². The maximum absolute atomic E-state index is 12.0. The average molecular weight is 270 g/mol. The van der Waals surface area contributed by atoms with E-state index in [4.69, 9.17) is 0 Å². The maximum Gasteiger partial charge on any atom is 0.316 e. The summed E-state index contributed by atoms with van der Waals surface area (Å²) in [6.45, 7) is -0.108. The number of carbonyl (C=O) groups excluding carboxylic acids is 1. The van der Waals surface area contributed by atoms with Crippen molar-refractivity contribution < 1.29 is 4.79 Å². The van der Waals surface area contributed by atoms with Crippen molar-refractivity contribution in [3.63, 3.8) is 0 Å². The van der Waals surface area contributed by atoms with Gasteiger partial charge in [-0.05, 0) is 12.8 Å². The van der Waals surface area contributed by atoms with Gasteiger partial charge in [-0.1, -0.05) is 30.3 Å². The van der Waals surface area contributed by atoms with Gasteiger partial charge in [0, 0.05) is 24.0 Å². The van der Waals surface area contributed by atoms with Gasteiger partial charge in [0.2, 0.25) is 0 Å². The third-order valence-electron chi connectivity index (χ3n) is 3.44. The minimum absolute atomic E-state index is 0.108. The first-order valence-electron chi connectivity index (χ1n) is 6.56. The lowest BCUT2D eigenvalue weighted by Gasteiger charge is -2.07. The predicted molar refractivity (Wildman–Crippen MR) is 74.0 cm³/mol. The van der Waals surface area contributed by atoms with E-state index in [0.29, 0.717) is 5.56 Å². The van der Waals surface area contributed by atoms with E-state index in [9.17, 15) is 14.4 Å². The van der Waals surface area contributed by atoms with Crippen LogP contribution in [-0.2, 0) is 6.54 Å². The van der Waals surface area contributed by atoms with Crippen LogP contribution in [0.15, 0.2) is 52.3 Å². The Kier molecular flexibility index (Phi) is 3.10. The van der Waals surface area contributed by atoms with Crippen LogP contribution >= 0.6 is 0 Å². The van der Waals surface area contributed by atoms with E-state index in [1.165, 1.54) is 15.3 Å². The quantitative estimate of drug-likeness (QED) is 0.620. The Morgan fingerprint density at radius 3 is 2.40 bits per heavy atom. The molecular weight excluding hydrogens is 256 g/mol. The summed E-state index contributed by atoms with van der Waals surface area (Å²) in [5.41, 5.74) is -0.648. The van der Waals surface area contributed by atoms with Crippen molar-refractivity contribution in [1.29, 1.82) is 0 Å². The predicted octanol–water partition coefficient (Wildman–Crippen LogP) is 1.23. The lowest BCUT2D eigenvalue weighted by molar-refractivity contribution is 0.0970. The van der Waals surface area contributed by atoms with Gasteiger partial charge in [0.25, 0.3) is 0 Å². The molecule has 0 spiro atoms. The molecule has 5 heteroatoms. The molecule has 1 aliphatic rings. The molecule has 0 radical (unpaired) electrons. The molecule has 0 amide bonds. The van der Waals surface area contributed by atoms with E-state index < -0.39 is 11.1 Å². The van der Waals surface area contributed by atoms with Gasteiger partial charge in [0.1, 0.15) is 0 Å². The fourth-order valence-electron chi connectivity index (χ4n) is 2.16. The zero-order valence-corrected chi connectivity index (χ0v) is 10.9. The lowest BCUT2D eigenvalue weighted by Crippen LogP contribution is -2.41. The van der Waals surface area contributed by atoms with Crippen LogP contribution < -0.4 is 11.1 Å². The van der Waals surface area contributed by atoms with E-state index in [1.54, 1.807) is 30.5 Å². The fraction of sp³-hybridized carbons (Fsp3) is 0.267. The Hall–Kier alpha value is -2.43. The van der Waals surface area contributed by atoms with Crippen LogP contribution in [0.3, 0.4) is 0 Å². The summed E-state index contributed by atoms with van der Waals surface area (Å²) in [5.74, 6) is -0.184. The molecule has 3 rings (SSSR count). The molecule has 1 saturated carbocycles. The molecule has 1 aliphatic carbocycles. The van der Waals surface area contributed by atoms with Gasteiger partial charge in [0.15, 0.2) is 5.78 Å². The minimum Gasteiger partial charge on any atom is -0.306 e. The molecule has 0 saturated heterocycles. The van der Waals surface area contributed by atoms with Crippen molar-refractivity contribution in [2.45, 2.75) is 25.4 Å². The molecule has 20 heavy (non-hydrogen) atoms. The van der Waals surface area contributed by atoms with Crippen LogP contribution in [0.5, 0.6) is 0 Å². The summed E-state index contributed by atoms with van der Waals surface area (Å²) in [6.07, 6.45) is 4.99. The molecular formula is C15H14N2O3. The highest BCUT2D eigenvalue weighted by molar-refractivity contribution is 5.95. The molecule has 5 nitrogen and oxygen atoms in total. The molecule has 0 bridgehead atoms. The molecule has 2 aromatic rings. The Bertz CT molecular complexity index is 755. The van der Waals surface area contributed by atoms with Gasteiger partial charge >= 0.3 is 11.1 Å². The zero-order chi connectivity index (χ0) is 14.1. The summed E-state index contributed by atoms with van der Waals surface area (Å²) in [4.78, 5) is 35.9. The maximum atomic E-state index is 12.0. The molecule has 1 heterocycles.